The molecular formula is C18H17N3O3. The zero-order chi connectivity index (χ0) is 16.8. The second-order valence-corrected chi connectivity index (χ2v) is 5.02. The third-order valence-corrected chi connectivity index (χ3v) is 3.44. The first-order valence-electron chi connectivity index (χ1n) is 7.42. The molecule has 3 rings (SSSR count). The van der Waals surface area contributed by atoms with Gasteiger partial charge in [0, 0.05) is 22.7 Å². The summed E-state index contributed by atoms with van der Waals surface area (Å²) in [6, 6.07) is 15.0. The van der Waals surface area contributed by atoms with Crippen LogP contribution in [0.1, 0.15) is 5.56 Å². The van der Waals surface area contributed by atoms with Crippen LogP contribution in [0.5, 0.6) is 11.5 Å². The quantitative estimate of drug-likeness (QED) is 0.541. The highest BCUT2D eigenvalue weighted by molar-refractivity contribution is 5.99. The summed E-state index contributed by atoms with van der Waals surface area (Å²) < 4.78 is 10.6. The molecule has 1 amide bonds. The Bertz CT molecular complexity index is 871. The predicted molar refractivity (Wildman–Crippen MR) is 92.5 cm³/mol. The number of para-hydroxylation sites is 3. The van der Waals surface area contributed by atoms with Gasteiger partial charge >= 0.3 is 0 Å². The van der Waals surface area contributed by atoms with Gasteiger partial charge in [0.2, 0.25) is 0 Å². The minimum atomic E-state index is -0.350. The number of nitrogens with zero attached hydrogens (tertiary/aromatic N) is 1. The standard InChI is InChI=1S/C18H17N3O3/c1-23-16-8-4-5-9-17(16)24-12-18(22)21-20-11-13-10-19-15-7-3-2-6-14(13)15/h2-11,19H,12H2,1H3,(H,21,22)/b20-11-. The van der Waals surface area contributed by atoms with E-state index in [4.69, 9.17) is 9.47 Å². The van der Waals surface area contributed by atoms with Crippen molar-refractivity contribution >= 4 is 23.0 Å². The summed E-state index contributed by atoms with van der Waals surface area (Å²) in [5.74, 6) is 0.736. The molecule has 0 spiro atoms. The Hall–Kier alpha value is -3.28. The summed E-state index contributed by atoms with van der Waals surface area (Å²) in [5, 5.41) is 5.01. The molecule has 0 unspecified atom stereocenters. The number of fused-ring (bicyclic) bond motifs is 1. The van der Waals surface area contributed by atoms with Crippen molar-refractivity contribution in [2.24, 2.45) is 5.10 Å². The van der Waals surface area contributed by atoms with E-state index in [1.54, 1.807) is 25.5 Å². The van der Waals surface area contributed by atoms with Crippen molar-refractivity contribution in [3.8, 4) is 11.5 Å². The summed E-state index contributed by atoms with van der Waals surface area (Å²) in [5.41, 5.74) is 4.36. The van der Waals surface area contributed by atoms with E-state index in [0.29, 0.717) is 11.5 Å². The van der Waals surface area contributed by atoms with Gasteiger partial charge in [0.25, 0.3) is 5.91 Å². The molecule has 6 heteroatoms. The molecule has 0 aliphatic heterocycles. The molecule has 3 aromatic rings. The predicted octanol–water partition coefficient (Wildman–Crippen LogP) is 2.71. The second kappa shape index (κ2) is 7.32. The zero-order valence-corrected chi connectivity index (χ0v) is 13.2. The van der Waals surface area contributed by atoms with Crippen LogP contribution in [0.25, 0.3) is 10.9 Å². The van der Waals surface area contributed by atoms with E-state index in [0.717, 1.165) is 16.5 Å². The van der Waals surface area contributed by atoms with Crippen LogP contribution in [-0.2, 0) is 4.79 Å². The van der Waals surface area contributed by atoms with Crippen LogP contribution in [0, 0.1) is 0 Å². The molecule has 0 radical (unpaired) electrons. The van der Waals surface area contributed by atoms with Gasteiger partial charge in [-0.15, -0.1) is 0 Å². The number of amides is 1. The molecule has 0 bridgehead atoms. The zero-order valence-electron chi connectivity index (χ0n) is 13.2. The van der Waals surface area contributed by atoms with Crippen LogP contribution >= 0.6 is 0 Å². The van der Waals surface area contributed by atoms with E-state index in [-0.39, 0.29) is 12.5 Å². The fraction of sp³-hybridized carbons (Fsp3) is 0.111. The van der Waals surface area contributed by atoms with Gasteiger partial charge in [-0.25, -0.2) is 5.43 Å². The maximum atomic E-state index is 11.8. The van der Waals surface area contributed by atoms with E-state index < -0.39 is 0 Å². The van der Waals surface area contributed by atoms with Gasteiger partial charge in [0.05, 0.1) is 13.3 Å². The molecule has 0 aliphatic rings. The Morgan fingerprint density at radius 1 is 1.17 bits per heavy atom. The maximum absolute atomic E-state index is 11.8. The van der Waals surface area contributed by atoms with Crippen LogP contribution in [0.4, 0.5) is 0 Å². The molecule has 0 aliphatic carbocycles. The third-order valence-electron chi connectivity index (χ3n) is 3.44. The number of rotatable bonds is 6. The first-order chi connectivity index (χ1) is 11.8. The van der Waals surface area contributed by atoms with E-state index in [1.807, 2.05) is 42.6 Å². The number of hydrazone groups is 1. The van der Waals surface area contributed by atoms with E-state index in [1.165, 1.54) is 0 Å². The van der Waals surface area contributed by atoms with Crippen molar-refractivity contribution < 1.29 is 14.3 Å². The van der Waals surface area contributed by atoms with Crippen molar-refractivity contribution in [3.63, 3.8) is 0 Å². The van der Waals surface area contributed by atoms with Gasteiger partial charge in [0.15, 0.2) is 18.1 Å². The monoisotopic (exact) mass is 323 g/mol. The topological polar surface area (TPSA) is 75.7 Å². The van der Waals surface area contributed by atoms with Gasteiger partial charge in [-0.1, -0.05) is 30.3 Å². The largest absolute Gasteiger partial charge is 0.493 e. The Morgan fingerprint density at radius 2 is 1.92 bits per heavy atom. The number of nitrogens with one attached hydrogen (secondary N) is 2. The van der Waals surface area contributed by atoms with Gasteiger partial charge in [-0.05, 0) is 18.2 Å². The summed E-state index contributed by atoms with van der Waals surface area (Å²) in [6.45, 7) is -0.147. The van der Waals surface area contributed by atoms with E-state index >= 15 is 0 Å². The molecule has 2 aromatic carbocycles. The molecule has 2 N–H and O–H groups in total. The highest BCUT2D eigenvalue weighted by atomic mass is 16.5. The molecule has 6 nitrogen and oxygen atoms in total. The second-order valence-electron chi connectivity index (χ2n) is 5.02. The first-order valence-corrected chi connectivity index (χ1v) is 7.42. The molecule has 0 atom stereocenters. The van der Waals surface area contributed by atoms with Crippen LogP contribution in [-0.4, -0.2) is 30.8 Å². The minimum Gasteiger partial charge on any atom is -0.493 e. The van der Waals surface area contributed by atoms with Gasteiger partial charge in [-0.2, -0.15) is 5.10 Å². The molecule has 0 fully saturated rings. The number of hydrogen-bond acceptors (Lipinski definition) is 4. The lowest BCUT2D eigenvalue weighted by Gasteiger charge is -2.09. The van der Waals surface area contributed by atoms with Crippen molar-refractivity contribution in [2.75, 3.05) is 13.7 Å². The van der Waals surface area contributed by atoms with Gasteiger partial charge in [-0.3, -0.25) is 4.79 Å². The van der Waals surface area contributed by atoms with Gasteiger partial charge in [0.1, 0.15) is 0 Å². The smallest absolute Gasteiger partial charge is 0.277 e. The number of aromatic nitrogens is 1. The lowest BCUT2D eigenvalue weighted by molar-refractivity contribution is -0.123. The van der Waals surface area contributed by atoms with Crippen molar-refractivity contribution in [1.82, 2.24) is 10.4 Å². The number of aromatic amines is 1. The molecule has 0 saturated carbocycles. The molecular weight excluding hydrogens is 306 g/mol. The normalized spacial score (nSPS) is 10.9. The third kappa shape index (κ3) is 3.55. The number of carbonyl (C=O) groups is 1. The van der Waals surface area contributed by atoms with Crippen molar-refractivity contribution in [1.29, 1.82) is 0 Å². The van der Waals surface area contributed by atoms with Crippen LogP contribution < -0.4 is 14.9 Å². The fourth-order valence-corrected chi connectivity index (χ4v) is 2.29. The lowest BCUT2D eigenvalue weighted by Crippen LogP contribution is -2.24. The SMILES string of the molecule is COc1ccccc1OCC(=O)N/N=C\c1c[nH]c2ccccc12. The number of carbonyl (C=O) groups excluding carboxylic acids is 1. The number of ether oxygens (including phenoxy) is 2. The van der Waals surface area contributed by atoms with E-state index in [9.17, 15) is 4.79 Å². The van der Waals surface area contributed by atoms with Crippen LogP contribution in [0.2, 0.25) is 0 Å². The highest BCUT2D eigenvalue weighted by Gasteiger charge is 2.06. The molecule has 1 heterocycles. The fourth-order valence-electron chi connectivity index (χ4n) is 2.29. The minimum absolute atomic E-state index is 0.147. The Morgan fingerprint density at radius 3 is 2.75 bits per heavy atom. The average molecular weight is 323 g/mol. The van der Waals surface area contributed by atoms with Crippen LogP contribution in [0.3, 0.4) is 0 Å². The summed E-state index contributed by atoms with van der Waals surface area (Å²) in [7, 11) is 1.55. The molecule has 122 valence electrons. The van der Waals surface area contributed by atoms with Gasteiger partial charge < -0.3 is 14.5 Å². The number of benzene rings is 2. The summed E-state index contributed by atoms with van der Waals surface area (Å²) in [6.07, 6.45) is 3.44. The van der Waals surface area contributed by atoms with E-state index in [2.05, 4.69) is 15.5 Å². The lowest BCUT2D eigenvalue weighted by atomic mass is 10.2. The number of methoxy groups -OCH3 is 1. The van der Waals surface area contributed by atoms with Crippen LogP contribution in [0.15, 0.2) is 59.8 Å². The molecule has 24 heavy (non-hydrogen) atoms. The molecule has 1 aromatic heterocycles. The van der Waals surface area contributed by atoms with Crippen molar-refractivity contribution in [3.05, 3.63) is 60.3 Å². The Kier molecular flexibility index (Phi) is 4.76. The number of hydrogen-bond donors (Lipinski definition) is 2. The average Bonchev–Trinajstić information content (AvgIpc) is 3.03. The summed E-state index contributed by atoms with van der Waals surface area (Å²) in [4.78, 5) is 15.0. The van der Waals surface area contributed by atoms with Crippen molar-refractivity contribution in [2.45, 2.75) is 0 Å². The Labute approximate surface area is 139 Å². The summed E-state index contributed by atoms with van der Waals surface area (Å²) >= 11 is 0. The first kappa shape index (κ1) is 15.6. The molecule has 0 saturated heterocycles. The number of H-pyrrole nitrogens is 1. The Balaban J connectivity index is 1.56. The maximum Gasteiger partial charge on any atom is 0.277 e. The highest BCUT2D eigenvalue weighted by Crippen LogP contribution is 2.25.